The molecule has 1 saturated carbocycles. The highest BCUT2D eigenvalue weighted by molar-refractivity contribution is 6.07. The van der Waals surface area contributed by atoms with E-state index < -0.39 is 5.54 Å². The largest absolute Gasteiger partial charge is 0.342 e. The average molecular weight is 377 g/mol. The predicted molar refractivity (Wildman–Crippen MR) is 101 cm³/mol. The van der Waals surface area contributed by atoms with Gasteiger partial charge in [0.25, 0.3) is 5.91 Å². The first-order valence-electron chi connectivity index (χ1n) is 10.7. The summed E-state index contributed by atoms with van der Waals surface area (Å²) < 4.78 is 0. The first kappa shape index (κ1) is 18.7. The molecule has 3 saturated heterocycles. The van der Waals surface area contributed by atoms with Crippen molar-refractivity contribution in [2.45, 2.75) is 69.9 Å². The smallest absolute Gasteiger partial charge is 0.325 e. The highest BCUT2D eigenvalue weighted by Crippen LogP contribution is 2.33. The molecule has 1 spiro atoms. The van der Waals surface area contributed by atoms with E-state index in [9.17, 15) is 14.4 Å². The lowest BCUT2D eigenvalue weighted by atomic mass is 9.87. The van der Waals surface area contributed by atoms with Crippen LogP contribution in [0, 0.1) is 5.92 Å². The summed E-state index contributed by atoms with van der Waals surface area (Å²) in [5, 5.41) is 3.02. The molecule has 4 rings (SSSR count). The van der Waals surface area contributed by atoms with Gasteiger partial charge >= 0.3 is 6.03 Å². The molecule has 3 heterocycles. The number of urea groups is 1. The van der Waals surface area contributed by atoms with Crippen LogP contribution in [0.25, 0.3) is 0 Å². The van der Waals surface area contributed by atoms with Crippen molar-refractivity contribution in [1.29, 1.82) is 0 Å². The summed E-state index contributed by atoms with van der Waals surface area (Å²) in [7, 11) is 0. The standard InChI is InChI=1S/C20H32N4O3/c1-2-22-13-9-20(10-14-22)18(26)24(19(27)21-20)16-7-11-23(12-8-16)17(25)15-5-3-4-6-15/h15-16H,2-14H2,1H3,(H,21,27). The molecule has 1 aliphatic carbocycles. The number of carbonyl (C=O) groups excluding carboxylic acids is 3. The molecule has 0 unspecified atom stereocenters. The third-order valence-electron chi connectivity index (χ3n) is 7.20. The molecular formula is C20H32N4O3. The van der Waals surface area contributed by atoms with E-state index in [1.807, 2.05) is 4.90 Å². The molecular weight excluding hydrogens is 344 g/mol. The molecule has 7 nitrogen and oxygen atoms in total. The van der Waals surface area contributed by atoms with Crippen molar-refractivity contribution < 1.29 is 14.4 Å². The van der Waals surface area contributed by atoms with Crippen LogP contribution < -0.4 is 5.32 Å². The van der Waals surface area contributed by atoms with Crippen molar-refractivity contribution in [3.05, 3.63) is 0 Å². The molecule has 0 aromatic rings. The number of nitrogens with one attached hydrogen (secondary N) is 1. The summed E-state index contributed by atoms with van der Waals surface area (Å²) in [6, 6.07) is -0.306. The monoisotopic (exact) mass is 376 g/mol. The van der Waals surface area contributed by atoms with Crippen molar-refractivity contribution in [2.75, 3.05) is 32.7 Å². The van der Waals surface area contributed by atoms with E-state index in [1.165, 1.54) is 4.90 Å². The van der Waals surface area contributed by atoms with E-state index in [0.29, 0.717) is 38.8 Å². The van der Waals surface area contributed by atoms with Crippen LogP contribution in [0.1, 0.15) is 58.3 Å². The molecule has 0 bridgehead atoms. The summed E-state index contributed by atoms with van der Waals surface area (Å²) in [6.45, 7) is 6.13. The van der Waals surface area contributed by atoms with Gasteiger partial charge in [0.1, 0.15) is 5.54 Å². The van der Waals surface area contributed by atoms with Crippen LogP contribution in [0.5, 0.6) is 0 Å². The fourth-order valence-electron chi connectivity index (χ4n) is 5.34. The van der Waals surface area contributed by atoms with Crippen LogP contribution in [0.2, 0.25) is 0 Å². The number of nitrogens with zero attached hydrogens (tertiary/aromatic N) is 3. The van der Waals surface area contributed by atoms with Crippen molar-refractivity contribution in [3.63, 3.8) is 0 Å². The Bertz CT molecular complexity index is 600. The first-order chi connectivity index (χ1) is 13.0. The van der Waals surface area contributed by atoms with Gasteiger partial charge in [-0.15, -0.1) is 0 Å². The Morgan fingerprint density at radius 2 is 1.67 bits per heavy atom. The van der Waals surface area contributed by atoms with Crippen LogP contribution in [0.4, 0.5) is 4.79 Å². The Kier molecular flexibility index (Phi) is 5.14. The Balaban J connectivity index is 1.36. The zero-order chi connectivity index (χ0) is 19.0. The SMILES string of the molecule is CCN1CCC2(CC1)NC(=O)N(C1CCN(C(=O)C3CCCC3)CC1)C2=O. The number of carbonyl (C=O) groups is 3. The average Bonchev–Trinajstić information content (AvgIpc) is 3.30. The Hall–Kier alpha value is -1.63. The Labute approximate surface area is 161 Å². The fourth-order valence-corrected chi connectivity index (χ4v) is 5.34. The van der Waals surface area contributed by atoms with E-state index in [1.54, 1.807) is 0 Å². The predicted octanol–water partition coefficient (Wildman–Crippen LogP) is 1.57. The third kappa shape index (κ3) is 3.35. The summed E-state index contributed by atoms with van der Waals surface area (Å²) in [5.74, 6) is 0.445. The van der Waals surface area contributed by atoms with Gasteiger partial charge in [-0.05, 0) is 45.1 Å². The lowest BCUT2D eigenvalue weighted by Crippen LogP contribution is -2.55. The van der Waals surface area contributed by atoms with Crippen LogP contribution in [0.15, 0.2) is 0 Å². The zero-order valence-electron chi connectivity index (χ0n) is 16.4. The number of piperidine rings is 2. The molecule has 0 atom stereocenters. The molecule has 0 aromatic carbocycles. The summed E-state index contributed by atoms with van der Waals surface area (Å²) in [4.78, 5) is 44.2. The van der Waals surface area contributed by atoms with E-state index in [2.05, 4.69) is 17.1 Å². The number of hydrogen-bond donors (Lipinski definition) is 1. The number of amides is 4. The maximum Gasteiger partial charge on any atom is 0.325 e. The fraction of sp³-hybridized carbons (Fsp3) is 0.850. The number of rotatable bonds is 3. The molecule has 0 radical (unpaired) electrons. The highest BCUT2D eigenvalue weighted by Gasteiger charge is 2.54. The van der Waals surface area contributed by atoms with E-state index in [-0.39, 0.29) is 29.8 Å². The van der Waals surface area contributed by atoms with Crippen molar-refractivity contribution >= 4 is 17.8 Å². The van der Waals surface area contributed by atoms with Gasteiger partial charge < -0.3 is 15.1 Å². The van der Waals surface area contributed by atoms with Crippen LogP contribution in [-0.4, -0.2) is 76.8 Å². The molecule has 3 aliphatic heterocycles. The molecule has 1 N–H and O–H groups in total. The van der Waals surface area contributed by atoms with Crippen molar-refractivity contribution in [1.82, 2.24) is 20.0 Å². The minimum Gasteiger partial charge on any atom is -0.342 e. The minimum absolute atomic E-state index is 0.0381. The van der Waals surface area contributed by atoms with Crippen LogP contribution >= 0.6 is 0 Å². The van der Waals surface area contributed by atoms with Gasteiger partial charge in [0.15, 0.2) is 0 Å². The molecule has 150 valence electrons. The number of hydrogen-bond acceptors (Lipinski definition) is 4. The van der Waals surface area contributed by atoms with Crippen LogP contribution in [-0.2, 0) is 9.59 Å². The summed E-state index contributed by atoms with van der Waals surface area (Å²) >= 11 is 0. The normalized spacial score (nSPS) is 27.6. The van der Waals surface area contributed by atoms with E-state index in [4.69, 9.17) is 0 Å². The number of imide groups is 1. The number of likely N-dealkylation sites (tertiary alicyclic amines) is 2. The second-order valence-electron chi connectivity index (χ2n) is 8.66. The highest BCUT2D eigenvalue weighted by atomic mass is 16.2. The second kappa shape index (κ2) is 7.41. The summed E-state index contributed by atoms with van der Waals surface area (Å²) in [6.07, 6.45) is 7.15. The second-order valence-corrected chi connectivity index (χ2v) is 8.66. The van der Waals surface area contributed by atoms with Gasteiger partial charge in [0.05, 0.1) is 0 Å². The topological polar surface area (TPSA) is 73.0 Å². The molecule has 27 heavy (non-hydrogen) atoms. The quantitative estimate of drug-likeness (QED) is 0.759. The minimum atomic E-state index is -0.695. The van der Waals surface area contributed by atoms with E-state index >= 15 is 0 Å². The van der Waals surface area contributed by atoms with Crippen LogP contribution in [0.3, 0.4) is 0 Å². The molecule has 4 amide bonds. The van der Waals surface area contributed by atoms with Crippen molar-refractivity contribution in [2.24, 2.45) is 5.92 Å². The maximum absolute atomic E-state index is 13.2. The Morgan fingerprint density at radius 3 is 2.26 bits per heavy atom. The van der Waals surface area contributed by atoms with E-state index in [0.717, 1.165) is 45.3 Å². The lowest BCUT2D eigenvalue weighted by Gasteiger charge is -2.38. The van der Waals surface area contributed by atoms with Gasteiger partial charge in [-0.25, -0.2) is 4.79 Å². The molecule has 0 aromatic heterocycles. The van der Waals surface area contributed by atoms with Gasteiger partial charge in [-0.2, -0.15) is 0 Å². The lowest BCUT2D eigenvalue weighted by molar-refractivity contribution is -0.138. The third-order valence-corrected chi connectivity index (χ3v) is 7.20. The van der Waals surface area contributed by atoms with Gasteiger partial charge in [0.2, 0.25) is 5.91 Å². The van der Waals surface area contributed by atoms with Gasteiger partial charge in [-0.3, -0.25) is 14.5 Å². The van der Waals surface area contributed by atoms with Crippen molar-refractivity contribution in [3.8, 4) is 0 Å². The molecule has 4 aliphatic rings. The first-order valence-corrected chi connectivity index (χ1v) is 10.7. The summed E-state index contributed by atoms with van der Waals surface area (Å²) in [5.41, 5.74) is -0.695. The molecule has 4 fully saturated rings. The Morgan fingerprint density at radius 1 is 1.04 bits per heavy atom. The van der Waals surface area contributed by atoms with Gasteiger partial charge in [-0.1, -0.05) is 19.8 Å². The molecule has 7 heteroatoms. The zero-order valence-corrected chi connectivity index (χ0v) is 16.4. The maximum atomic E-state index is 13.2. The van der Waals surface area contributed by atoms with Gasteiger partial charge in [0, 0.05) is 38.1 Å².